The fourth-order valence-electron chi connectivity index (χ4n) is 2.56. The second-order valence-electron chi connectivity index (χ2n) is 6.02. The molecule has 0 heterocycles. The molecule has 0 radical (unpaired) electrons. The number of carbonyl (C=O) groups excluding carboxylic acids is 2. The number of ether oxygens (including phenoxy) is 1. The molecule has 0 saturated carbocycles. The van der Waals surface area contributed by atoms with Crippen molar-refractivity contribution in [3.8, 4) is 5.75 Å². The van der Waals surface area contributed by atoms with E-state index in [2.05, 4.69) is 6.07 Å². The van der Waals surface area contributed by atoms with E-state index in [9.17, 15) is 9.59 Å². The molecule has 0 aliphatic heterocycles. The Morgan fingerprint density at radius 3 is 1.96 bits per heavy atom. The highest BCUT2D eigenvalue weighted by molar-refractivity contribution is 6.04. The highest BCUT2D eigenvalue weighted by Crippen LogP contribution is 2.28. The van der Waals surface area contributed by atoms with Crippen molar-refractivity contribution in [2.45, 2.75) is 41.2 Å². The first-order valence-corrected chi connectivity index (χ1v) is 7.65. The van der Waals surface area contributed by atoms with E-state index in [1.807, 2.05) is 32.9 Å². The van der Waals surface area contributed by atoms with E-state index in [0.717, 1.165) is 22.3 Å². The number of benzene rings is 2. The first kappa shape index (κ1) is 16.9. The lowest BCUT2D eigenvalue weighted by Gasteiger charge is -2.16. The lowest BCUT2D eigenvalue weighted by atomic mass is 10.00. The number of hydrogen-bond acceptors (Lipinski definition) is 3. The summed E-state index contributed by atoms with van der Waals surface area (Å²) in [4.78, 5) is 23.9. The predicted molar refractivity (Wildman–Crippen MR) is 91.4 cm³/mol. The lowest BCUT2D eigenvalue weighted by molar-refractivity contribution is 0.101. The van der Waals surface area contributed by atoms with Crippen LogP contribution in [0.1, 0.15) is 56.8 Å². The van der Waals surface area contributed by atoms with Crippen LogP contribution in [0.4, 0.5) is 0 Å². The molecule has 0 atom stereocenters. The fourth-order valence-corrected chi connectivity index (χ4v) is 2.56. The summed E-state index contributed by atoms with van der Waals surface area (Å²) in [7, 11) is 0. The number of Topliss-reactive ketones (excluding diaryl/α,β-unsaturated/α-hetero) is 2. The van der Waals surface area contributed by atoms with Crippen LogP contribution in [0.15, 0.2) is 30.3 Å². The molecule has 0 aromatic heterocycles. The molecule has 0 unspecified atom stereocenters. The Labute approximate surface area is 137 Å². The smallest absolute Gasteiger partial charge is 0.163 e. The second kappa shape index (κ2) is 6.78. The van der Waals surface area contributed by atoms with E-state index in [1.54, 1.807) is 12.1 Å². The maximum atomic E-state index is 11.9. The summed E-state index contributed by atoms with van der Waals surface area (Å²) in [5, 5.41) is 0. The Bertz CT molecular complexity index is 737. The minimum Gasteiger partial charge on any atom is -0.487 e. The van der Waals surface area contributed by atoms with Gasteiger partial charge in [0.15, 0.2) is 11.6 Å². The first-order chi connectivity index (χ1) is 10.8. The fraction of sp³-hybridized carbons (Fsp3) is 0.300. The third kappa shape index (κ3) is 3.86. The van der Waals surface area contributed by atoms with Gasteiger partial charge in [-0.25, -0.2) is 0 Å². The maximum absolute atomic E-state index is 11.9. The predicted octanol–water partition coefficient (Wildman–Crippen LogP) is 4.60. The Morgan fingerprint density at radius 1 is 0.870 bits per heavy atom. The van der Waals surface area contributed by atoms with E-state index in [4.69, 9.17) is 4.74 Å². The molecule has 2 rings (SSSR count). The van der Waals surface area contributed by atoms with Crippen molar-refractivity contribution < 1.29 is 14.3 Å². The van der Waals surface area contributed by atoms with Crippen molar-refractivity contribution >= 4 is 11.6 Å². The van der Waals surface area contributed by atoms with Crippen molar-refractivity contribution in [3.05, 3.63) is 63.7 Å². The molecule has 0 aliphatic rings. The summed E-state index contributed by atoms with van der Waals surface area (Å²) >= 11 is 0. The van der Waals surface area contributed by atoms with Crippen LogP contribution in [-0.2, 0) is 6.61 Å². The molecule has 0 spiro atoms. The maximum Gasteiger partial charge on any atom is 0.163 e. The summed E-state index contributed by atoms with van der Waals surface area (Å²) in [6.07, 6.45) is 0. The molecule has 120 valence electrons. The van der Waals surface area contributed by atoms with E-state index in [0.29, 0.717) is 23.5 Å². The molecular weight excluding hydrogens is 288 g/mol. The number of carbonyl (C=O) groups is 2. The molecule has 0 amide bonds. The van der Waals surface area contributed by atoms with Gasteiger partial charge in [-0.15, -0.1) is 0 Å². The van der Waals surface area contributed by atoms with Crippen molar-refractivity contribution in [2.24, 2.45) is 0 Å². The largest absolute Gasteiger partial charge is 0.487 e. The van der Waals surface area contributed by atoms with Gasteiger partial charge in [-0.2, -0.15) is 0 Å². The van der Waals surface area contributed by atoms with Gasteiger partial charge in [0, 0.05) is 0 Å². The van der Waals surface area contributed by atoms with Crippen molar-refractivity contribution in [3.63, 3.8) is 0 Å². The molecule has 3 heteroatoms. The Hall–Kier alpha value is -2.42. The third-order valence-corrected chi connectivity index (χ3v) is 3.87. The minimum absolute atomic E-state index is 0.104. The summed E-state index contributed by atoms with van der Waals surface area (Å²) in [6, 6.07) is 9.69. The molecule has 0 N–H and O–H groups in total. The molecule has 2 aromatic rings. The molecule has 0 saturated heterocycles. The first-order valence-electron chi connectivity index (χ1n) is 7.65. The zero-order valence-corrected chi connectivity index (χ0v) is 14.3. The quantitative estimate of drug-likeness (QED) is 0.758. The van der Waals surface area contributed by atoms with Crippen LogP contribution in [0.3, 0.4) is 0 Å². The molecule has 0 bridgehead atoms. The van der Waals surface area contributed by atoms with Gasteiger partial charge >= 0.3 is 0 Å². The topological polar surface area (TPSA) is 43.4 Å². The zero-order valence-electron chi connectivity index (χ0n) is 14.3. The lowest BCUT2D eigenvalue weighted by Crippen LogP contribution is -2.08. The Kier molecular flexibility index (Phi) is 4.99. The SMILES string of the molecule is CC(=O)c1cc(C)cc(C(C)=O)c1OCc1cc(C)ccc1C. The average molecular weight is 310 g/mol. The standard InChI is InChI=1S/C20H22O3/c1-12-6-7-14(3)17(8-12)11-23-20-18(15(4)21)9-13(2)10-19(20)16(5)22/h6-10H,11H2,1-5H3. The number of ketones is 2. The van der Waals surface area contributed by atoms with Gasteiger partial charge in [0.2, 0.25) is 0 Å². The van der Waals surface area contributed by atoms with Crippen molar-refractivity contribution in [1.29, 1.82) is 0 Å². The van der Waals surface area contributed by atoms with Crippen LogP contribution in [0.5, 0.6) is 5.75 Å². The van der Waals surface area contributed by atoms with Crippen LogP contribution < -0.4 is 4.74 Å². The Balaban J connectivity index is 2.43. The number of aryl methyl sites for hydroxylation is 3. The monoisotopic (exact) mass is 310 g/mol. The van der Waals surface area contributed by atoms with Crippen molar-refractivity contribution in [2.75, 3.05) is 0 Å². The van der Waals surface area contributed by atoms with Crippen LogP contribution in [-0.4, -0.2) is 11.6 Å². The van der Waals surface area contributed by atoms with E-state index < -0.39 is 0 Å². The highest BCUT2D eigenvalue weighted by Gasteiger charge is 2.18. The molecular formula is C20H22O3. The number of rotatable bonds is 5. The van der Waals surface area contributed by atoms with E-state index in [1.165, 1.54) is 13.8 Å². The van der Waals surface area contributed by atoms with Gasteiger partial charge in [0.05, 0.1) is 11.1 Å². The molecule has 0 aliphatic carbocycles. The third-order valence-electron chi connectivity index (χ3n) is 3.87. The summed E-state index contributed by atoms with van der Waals surface area (Å²) in [6.45, 7) is 9.22. The normalized spacial score (nSPS) is 10.5. The van der Waals surface area contributed by atoms with Gasteiger partial charge in [0.1, 0.15) is 12.4 Å². The van der Waals surface area contributed by atoms with Crippen LogP contribution in [0, 0.1) is 20.8 Å². The van der Waals surface area contributed by atoms with Gasteiger partial charge < -0.3 is 4.74 Å². The van der Waals surface area contributed by atoms with Gasteiger partial charge in [0.25, 0.3) is 0 Å². The van der Waals surface area contributed by atoms with E-state index in [-0.39, 0.29) is 11.6 Å². The summed E-state index contributed by atoms with van der Waals surface area (Å²) < 4.78 is 5.93. The highest BCUT2D eigenvalue weighted by atomic mass is 16.5. The minimum atomic E-state index is -0.104. The van der Waals surface area contributed by atoms with Crippen LogP contribution in [0.25, 0.3) is 0 Å². The van der Waals surface area contributed by atoms with Gasteiger partial charge in [-0.1, -0.05) is 23.8 Å². The van der Waals surface area contributed by atoms with Gasteiger partial charge in [-0.05, 0) is 63.4 Å². The second-order valence-corrected chi connectivity index (χ2v) is 6.02. The van der Waals surface area contributed by atoms with Gasteiger partial charge in [-0.3, -0.25) is 9.59 Å². The number of hydrogen-bond donors (Lipinski definition) is 0. The zero-order chi connectivity index (χ0) is 17.1. The summed E-state index contributed by atoms with van der Waals surface area (Å²) in [5.74, 6) is 0.177. The van der Waals surface area contributed by atoms with Crippen LogP contribution in [0.2, 0.25) is 0 Å². The average Bonchev–Trinajstić information content (AvgIpc) is 2.48. The van der Waals surface area contributed by atoms with Crippen LogP contribution >= 0.6 is 0 Å². The summed E-state index contributed by atoms with van der Waals surface area (Å²) in [5.41, 5.74) is 5.11. The molecule has 0 fully saturated rings. The van der Waals surface area contributed by atoms with Crippen molar-refractivity contribution in [1.82, 2.24) is 0 Å². The molecule has 3 nitrogen and oxygen atoms in total. The van der Waals surface area contributed by atoms with E-state index >= 15 is 0 Å². The molecule has 23 heavy (non-hydrogen) atoms. The Morgan fingerprint density at radius 2 is 1.43 bits per heavy atom. The molecule has 2 aromatic carbocycles.